The van der Waals surface area contributed by atoms with Gasteiger partial charge in [0.15, 0.2) is 0 Å². The van der Waals surface area contributed by atoms with E-state index in [2.05, 4.69) is 4.72 Å². The summed E-state index contributed by atoms with van der Waals surface area (Å²) in [7, 11) is -7.59. The second kappa shape index (κ2) is 9.88. The number of carbonyl (C=O) groups is 1. The van der Waals surface area contributed by atoms with Crippen molar-refractivity contribution in [2.45, 2.75) is 43.0 Å². The van der Waals surface area contributed by atoms with Gasteiger partial charge in [-0.15, -0.1) is 0 Å². The van der Waals surface area contributed by atoms with Gasteiger partial charge in [-0.25, -0.2) is 25.9 Å². The van der Waals surface area contributed by atoms with Crippen LogP contribution >= 0.6 is 0 Å². The smallest absolute Gasteiger partial charge is 0.254 e. The number of carbonyl (C=O) groups excluding carboxylic acids is 1. The maximum atomic E-state index is 13.2. The number of halogens is 1. The summed E-state index contributed by atoms with van der Waals surface area (Å²) in [5.41, 5.74) is 0.889. The minimum atomic E-state index is -3.82. The van der Waals surface area contributed by atoms with Gasteiger partial charge >= 0.3 is 0 Å². The van der Waals surface area contributed by atoms with Gasteiger partial charge in [0.1, 0.15) is 5.82 Å². The largest absolute Gasteiger partial charge is 0.337 e. The van der Waals surface area contributed by atoms with Gasteiger partial charge in [0, 0.05) is 37.8 Å². The van der Waals surface area contributed by atoms with Crippen LogP contribution in [0.3, 0.4) is 0 Å². The maximum absolute atomic E-state index is 13.2. The predicted molar refractivity (Wildman–Crippen MR) is 122 cm³/mol. The summed E-state index contributed by atoms with van der Waals surface area (Å²) in [5, 5.41) is 0. The summed E-state index contributed by atoms with van der Waals surface area (Å²) in [6.07, 6.45) is 0.415. The molecule has 8 nitrogen and oxygen atoms in total. The molecule has 0 atom stereocenters. The molecule has 3 rings (SSSR count). The second-order valence-electron chi connectivity index (χ2n) is 8.26. The highest BCUT2D eigenvalue weighted by Crippen LogP contribution is 2.21. The van der Waals surface area contributed by atoms with Gasteiger partial charge < -0.3 is 4.90 Å². The Morgan fingerprint density at radius 1 is 0.939 bits per heavy atom. The Balaban J connectivity index is 1.80. The van der Waals surface area contributed by atoms with Crippen LogP contribution in [0.2, 0.25) is 0 Å². The van der Waals surface area contributed by atoms with Crippen LogP contribution in [0.25, 0.3) is 0 Å². The molecule has 2 aromatic rings. The molecular weight excluding hydrogens is 469 g/mol. The average molecular weight is 498 g/mol. The van der Waals surface area contributed by atoms with Gasteiger partial charge in [-0.3, -0.25) is 4.79 Å². The van der Waals surface area contributed by atoms with Crippen molar-refractivity contribution in [1.82, 2.24) is 13.9 Å². The van der Waals surface area contributed by atoms with Crippen LogP contribution < -0.4 is 4.72 Å². The van der Waals surface area contributed by atoms with Crippen LogP contribution in [0.4, 0.5) is 4.39 Å². The van der Waals surface area contributed by atoms with Crippen LogP contribution in [-0.4, -0.2) is 64.2 Å². The van der Waals surface area contributed by atoms with Crippen LogP contribution in [0, 0.1) is 12.7 Å². The van der Waals surface area contributed by atoms with Gasteiger partial charge in [-0.2, -0.15) is 4.31 Å². The molecule has 0 radical (unpaired) electrons. The van der Waals surface area contributed by atoms with Crippen molar-refractivity contribution < 1.29 is 26.0 Å². The number of nitrogens with zero attached hydrogens (tertiary/aromatic N) is 2. The van der Waals surface area contributed by atoms with E-state index in [0.29, 0.717) is 18.5 Å². The number of hydrogen-bond donors (Lipinski definition) is 1. The third-order valence-corrected chi connectivity index (χ3v) is 8.90. The van der Waals surface area contributed by atoms with Gasteiger partial charge in [-0.1, -0.05) is 6.07 Å². The summed E-state index contributed by atoms with van der Waals surface area (Å²) in [6.45, 7) is 5.92. The molecule has 0 saturated carbocycles. The minimum Gasteiger partial charge on any atom is -0.337 e. The fraction of sp³-hybridized carbons (Fsp3) is 0.409. The molecule has 180 valence electrons. The van der Waals surface area contributed by atoms with E-state index in [1.807, 2.05) is 0 Å². The van der Waals surface area contributed by atoms with Gasteiger partial charge in [0.05, 0.1) is 9.79 Å². The van der Waals surface area contributed by atoms with E-state index in [-0.39, 0.29) is 46.9 Å². The molecule has 0 unspecified atom stereocenters. The number of rotatable bonds is 6. The first-order valence-electron chi connectivity index (χ1n) is 10.6. The Hall–Kier alpha value is -2.34. The molecule has 1 heterocycles. The lowest BCUT2D eigenvalue weighted by Crippen LogP contribution is -2.37. The zero-order valence-electron chi connectivity index (χ0n) is 18.8. The molecule has 1 N–H and O–H groups in total. The van der Waals surface area contributed by atoms with E-state index in [1.165, 1.54) is 33.5 Å². The van der Waals surface area contributed by atoms with Crippen LogP contribution in [0.5, 0.6) is 0 Å². The molecule has 11 heteroatoms. The number of sulfonamides is 2. The van der Waals surface area contributed by atoms with E-state index >= 15 is 0 Å². The predicted octanol–water partition coefficient (Wildman–Crippen LogP) is 2.36. The van der Waals surface area contributed by atoms with Crippen molar-refractivity contribution in [1.29, 1.82) is 0 Å². The highest BCUT2D eigenvalue weighted by atomic mass is 32.2. The molecule has 0 aliphatic carbocycles. The van der Waals surface area contributed by atoms with Crippen LogP contribution in [0.15, 0.2) is 52.3 Å². The summed E-state index contributed by atoms with van der Waals surface area (Å²) >= 11 is 0. The number of nitrogens with one attached hydrogen (secondary N) is 1. The van der Waals surface area contributed by atoms with E-state index in [9.17, 15) is 26.0 Å². The van der Waals surface area contributed by atoms with Crippen molar-refractivity contribution >= 4 is 26.0 Å². The quantitative estimate of drug-likeness (QED) is 0.660. The van der Waals surface area contributed by atoms with E-state index in [0.717, 1.165) is 12.1 Å². The van der Waals surface area contributed by atoms with Crippen molar-refractivity contribution in [3.63, 3.8) is 0 Å². The lowest BCUT2D eigenvalue weighted by atomic mass is 10.1. The number of amides is 1. The summed E-state index contributed by atoms with van der Waals surface area (Å²) in [4.78, 5) is 14.8. The lowest BCUT2D eigenvalue weighted by molar-refractivity contribution is 0.0763. The van der Waals surface area contributed by atoms with Crippen molar-refractivity contribution in [3.05, 3.63) is 59.4 Å². The Labute approximate surface area is 194 Å². The zero-order valence-corrected chi connectivity index (χ0v) is 20.4. The molecule has 33 heavy (non-hydrogen) atoms. The number of aryl methyl sites for hydroxylation is 1. The molecular formula is C22H28FN3O5S2. The molecule has 1 aliphatic rings. The fourth-order valence-corrected chi connectivity index (χ4v) is 6.39. The third-order valence-electron chi connectivity index (χ3n) is 5.33. The first-order valence-corrected chi connectivity index (χ1v) is 13.5. The first-order chi connectivity index (χ1) is 15.4. The Kier molecular flexibility index (Phi) is 7.57. The summed E-state index contributed by atoms with van der Waals surface area (Å²) in [5.74, 6) is -0.875. The van der Waals surface area contributed by atoms with Gasteiger partial charge in [-0.05, 0) is 69.2 Å². The zero-order chi connectivity index (χ0) is 24.4. The van der Waals surface area contributed by atoms with E-state index < -0.39 is 25.9 Å². The Bertz CT molecular complexity index is 1230. The lowest BCUT2D eigenvalue weighted by Gasteiger charge is -2.23. The third kappa shape index (κ3) is 5.78. The SMILES string of the molecule is Cc1ccc(S(=O)(=O)NC(C)C)cc1C(=O)N1CCCN(S(=O)(=O)c2ccc(F)cc2)CC1. The van der Waals surface area contributed by atoms with Crippen molar-refractivity contribution in [3.8, 4) is 0 Å². The minimum absolute atomic E-state index is 0.000450. The van der Waals surface area contributed by atoms with Crippen LogP contribution in [-0.2, 0) is 20.0 Å². The molecule has 1 fully saturated rings. The van der Waals surface area contributed by atoms with Gasteiger partial charge in [0.25, 0.3) is 5.91 Å². The summed E-state index contributed by atoms with van der Waals surface area (Å²) in [6, 6.07) is 8.74. The van der Waals surface area contributed by atoms with Crippen molar-refractivity contribution in [2.75, 3.05) is 26.2 Å². The molecule has 2 aromatic carbocycles. The molecule has 1 saturated heterocycles. The number of hydrogen-bond acceptors (Lipinski definition) is 5. The van der Waals surface area contributed by atoms with Gasteiger partial charge in [0.2, 0.25) is 20.0 Å². The molecule has 0 spiro atoms. The highest BCUT2D eigenvalue weighted by Gasteiger charge is 2.29. The average Bonchev–Trinajstić information content (AvgIpc) is 3.00. The molecule has 1 amide bonds. The fourth-order valence-electron chi connectivity index (χ4n) is 3.64. The van der Waals surface area contributed by atoms with Crippen LogP contribution in [0.1, 0.15) is 36.2 Å². The first kappa shape index (κ1) is 25.3. The Morgan fingerprint density at radius 2 is 1.58 bits per heavy atom. The maximum Gasteiger partial charge on any atom is 0.254 e. The molecule has 0 aromatic heterocycles. The standard InChI is InChI=1S/C22H28FN3O5S2/c1-16(2)24-32(28,29)20-8-5-17(3)21(15-20)22(27)25-11-4-12-26(14-13-25)33(30,31)19-9-6-18(23)7-10-19/h5-10,15-16,24H,4,11-14H2,1-3H3. The Morgan fingerprint density at radius 3 is 2.21 bits per heavy atom. The monoisotopic (exact) mass is 497 g/mol. The van der Waals surface area contributed by atoms with Crippen molar-refractivity contribution in [2.24, 2.45) is 0 Å². The molecule has 1 aliphatic heterocycles. The molecule has 0 bridgehead atoms. The van der Waals surface area contributed by atoms with E-state index in [1.54, 1.807) is 26.8 Å². The second-order valence-corrected chi connectivity index (χ2v) is 11.9. The number of benzene rings is 2. The van der Waals surface area contributed by atoms with E-state index in [4.69, 9.17) is 0 Å². The highest BCUT2D eigenvalue weighted by molar-refractivity contribution is 7.89. The normalized spacial score (nSPS) is 16.1. The topological polar surface area (TPSA) is 104 Å². The summed E-state index contributed by atoms with van der Waals surface area (Å²) < 4.78 is 67.9.